The summed E-state index contributed by atoms with van der Waals surface area (Å²) in [6, 6.07) is 11.6. The van der Waals surface area contributed by atoms with Gasteiger partial charge in [0.05, 0.1) is 4.90 Å². The smallest absolute Gasteiger partial charge is 0.315 e. The average Bonchev–Trinajstić information content (AvgIpc) is 3.07. The molecule has 6 nitrogen and oxygen atoms in total. The lowest BCUT2D eigenvalue weighted by atomic mass is 10.1. The highest BCUT2D eigenvalue weighted by Crippen LogP contribution is 2.36. The summed E-state index contributed by atoms with van der Waals surface area (Å²) < 4.78 is 42.4. The van der Waals surface area contributed by atoms with Crippen molar-refractivity contribution in [3.8, 4) is 22.6 Å². The van der Waals surface area contributed by atoms with E-state index in [4.69, 9.17) is 4.42 Å². The molecule has 8 heteroatoms. The van der Waals surface area contributed by atoms with Crippen molar-refractivity contribution in [2.75, 3.05) is 6.26 Å². The van der Waals surface area contributed by atoms with Crippen LogP contribution in [0.15, 0.2) is 57.8 Å². The number of sulfone groups is 1. The minimum Gasteiger partial charge on any atom is -0.481 e. The van der Waals surface area contributed by atoms with Crippen LogP contribution >= 0.6 is 0 Å². The second-order valence-electron chi connectivity index (χ2n) is 6.33. The Morgan fingerprint density at radius 2 is 1.68 bits per heavy atom. The van der Waals surface area contributed by atoms with Crippen LogP contribution in [0.3, 0.4) is 0 Å². The molecule has 1 aromatic heterocycles. The molecule has 0 aliphatic heterocycles. The number of carbonyl (C=O) groups is 1. The van der Waals surface area contributed by atoms with E-state index in [-0.39, 0.29) is 17.2 Å². The molecule has 0 aliphatic rings. The molecule has 0 saturated carbocycles. The van der Waals surface area contributed by atoms with E-state index in [1.165, 1.54) is 36.4 Å². The van der Waals surface area contributed by atoms with Gasteiger partial charge in [0.15, 0.2) is 15.6 Å². The number of rotatable bonds is 6. The monoisotopic (exact) mass is 403 g/mol. The fraction of sp³-hybridized carbons (Fsp3) is 0.200. The van der Waals surface area contributed by atoms with Crippen molar-refractivity contribution in [2.45, 2.75) is 24.2 Å². The summed E-state index contributed by atoms with van der Waals surface area (Å²) in [7, 11) is -3.36. The fourth-order valence-electron chi connectivity index (χ4n) is 2.79. The summed E-state index contributed by atoms with van der Waals surface area (Å²) in [5.41, 5.74) is 1.45. The molecule has 0 saturated heterocycles. The molecule has 1 unspecified atom stereocenters. The van der Waals surface area contributed by atoms with Crippen LogP contribution in [0.25, 0.3) is 22.6 Å². The maximum atomic E-state index is 13.3. The quantitative estimate of drug-likeness (QED) is 0.665. The topological polar surface area (TPSA) is 97.5 Å². The van der Waals surface area contributed by atoms with Crippen molar-refractivity contribution >= 4 is 15.8 Å². The molecule has 0 fully saturated rings. The molecular weight excluding hydrogens is 385 g/mol. The second kappa shape index (κ2) is 7.55. The van der Waals surface area contributed by atoms with Gasteiger partial charge < -0.3 is 9.52 Å². The Kier molecular flexibility index (Phi) is 5.33. The van der Waals surface area contributed by atoms with Crippen LogP contribution in [0.1, 0.15) is 25.2 Å². The van der Waals surface area contributed by atoms with Gasteiger partial charge in [-0.15, -0.1) is 0 Å². The van der Waals surface area contributed by atoms with E-state index in [0.717, 1.165) is 6.26 Å². The number of carboxylic acid groups (broad SMARTS) is 1. The number of carboxylic acids is 1. The Morgan fingerprint density at radius 1 is 1.11 bits per heavy atom. The van der Waals surface area contributed by atoms with Gasteiger partial charge in [-0.2, -0.15) is 0 Å². The predicted molar refractivity (Wildman–Crippen MR) is 101 cm³/mol. The molecule has 28 heavy (non-hydrogen) atoms. The van der Waals surface area contributed by atoms with Crippen LogP contribution in [-0.2, 0) is 14.6 Å². The van der Waals surface area contributed by atoms with E-state index in [1.807, 2.05) is 0 Å². The van der Waals surface area contributed by atoms with Crippen molar-refractivity contribution in [3.05, 3.63) is 60.2 Å². The van der Waals surface area contributed by atoms with Crippen LogP contribution in [0.2, 0.25) is 0 Å². The lowest BCUT2D eigenvalue weighted by Gasteiger charge is -2.04. The van der Waals surface area contributed by atoms with Crippen LogP contribution < -0.4 is 0 Å². The number of aromatic nitrogens is 1. The van der Waals surface area contributed by atoms with Gasteiger partial charge in [-0.25, -0.2) is 17.8 Å². The fourth-order valence-corrected chi connectivity index (χ4v) is 3.42. The summed E-state index contributed by atoms with van der Waals surface area (Å²) in [4.78, 5) is 16.0. The van der Waals surface area contributed by atoms with Gasteiger partial charge in [0.25, 0.3) is 0 Å². The first-order valence-corrected chi connectivity index (χ1v) is 10.4. The van der Waals surface area contributed by atoms with Gasteiger partial charge in [0.1, 0.15) is 17.4 Å². The van der Waals surface area contributed by atoms with Gasteiger partial charge in [-0.05, 0) is 55.0 Å². The molecule has 2 aromatic carbocycles. The van der Waals surface area contributed by atoms with E-state index in [0.29, 0.717) is 22.6 Å². The van der Waals surface area contributed by atoms with E-state index >= 15 is 0 Å². The summed E-state index contributed by atoms with van der Waals surface area (Å²) in [6.07, 6.45) is 1.39. The first kappa shape index (κ1) is 19.8. The van der Waals surface area contributed by atoms with E-state index in [2.05, 4.69) is 4.98 Å². The van der Waals surface area contributed by atoms with Crippen molar-refractivity contribution in [1.29, 1.82) is 0 Å². The molecule has 146 valence electrons. The van der Waals surface area contributed by atoms with Crippen molar-refractivity contribution in [1.82, 2.24) is 4.98 Å². The largest absolute Gasteiger partial charge is 0.481 e. The Bertz CT molecular complexity index is 1100. The van der Waals surface area contributed by atoms with E-state index in [1.54, 1.807) is 19.1 Å². The van der Waals surface area contributed by atoms with Crippen molar-refractivity contribution in [2.24, 2.45) is 0 Å². The van der Waals surface area contributed by atoms with Gasteiger partial charge in [-0.1, -0.05) is 6.92 Å². The summed E-state index contributed by atoms with van der Waals surface area (Å²) in [6.45, 7) is 1.71. The van der Waals surface area contributed by atoms with Crippen molar-refractivity contribution in [3.63, 3.8) is 0 Å². The molecule has 1 atom stereocenters. The molecule has 0 spiro atoms. The molecule has 0 amide bonds. The first-order valence-electron chi connectivity index (χ1n) is 8.50. The number of hydrogen-bond acceptors (Lipinski definition) is 5. The Morgan fingerprint density at radius 3 is 2.18 bits per heavy atom. The number of oxazole rings is 1. The highest BCUT2D eigenvalue weighted by atomic mass is 32.2. The van der Waals surface area contributed by atoms with Crippen LogP contribution in [0.5, 0.6) is 0 Å². The average molecular weight is 403 g/mol. The highest BCUT2D eigenvalue weighted by Gasteiger charge is 2.27. The van der Waals surface area contributed by atoms with Crippen LogP contribution in [-0.4, -0.2) is 30.7 Å². The maximum Gasteiger partial charge on any atom is 0.315 e. The molecular formula is C20H18FNO5S. The second-order valence-corrected chi connectivity index (χ2v) is 8.35. The third-order valence-electron chi connectivity index (χ3n) is 4.31. The lowest BCUT2D eigenvalue weighted by Crippen LogP contribution is -2.10. The van der Waals surface area contributed by atoms with Gasteiger partial charge in [-0.3, -0.25) is 4.79 Å². The molecule has 0 radical (unpaired) electrons. The zero-order valence-corrected chi connectivity index (χ0v) is 16.0. The highest BCUT2D eigenvalue weighted by molar-refractivity contribution is 7.90. The SMILES string of the molecule is CCC(C(=O)O)c1nc(-c2ccc(F)cc2)c(-c2ccc(S(C)(=O)=O)cc2)o1. The summed E-state index contributed by atoms with van der Waals surface area (Å²) in [5.74, 6) is -2.07. The zero-order chi connectivity index (χ0) is 20.5. The minimum absolute atomic E-state index is 0.0384. The van der Waals surface area contributed by atoms with Gasteiger partial charge >= 0.3 is 5.97 Å². The number of aliphatic carboxylic acids is 1. The predicted octanol–water partition coefficient (Wildman–Crippen LogP) is 4.13. The minimum atomic E-state index is -3.36. The molecule has 3 aromatic rings. The van der Waals surface area contributed by atoms with E-state index < -0.39 is 27.5 Å². The normalized spacial score (nSPS) is 12.7. The summed E-state index contributed by atoms with van der Waals surface area (Å²) in [5, 5.41) is 9.41. The van der Waals surface area contributed by atoms with E-state index in [9.17, 15) is 22.7 Å². The third kappa shape index (κ3) is 3.96. The lowest BCUT2D eigenvalue weighted by molar-refractivity contribution is -0.139. The number of nitrogens with zero attached hydrogens (tertiary/aromatic N) is 1. The standard InChI is InChI=1S/C20H18FNO5S/c1-3-16(20(23)24)19-22-17(12-4-8-14(21)9-5-12)18(27-19)13-6-10-15(11-7-13)28(2,25)26/h4-11,16H,3H2,1-2H3,(H,23,24). The molecule has 1 heterocycles. The third-order valence-corrected chi connectivity index (χ3v) is 5.44. The van der Waals surface area contributed by atoms with Crippen molar-refractivity contribution < 1.29 is 27.1 Å². The van der Waals surface area contributed by atoms with Crippen LogP contribution in [0.4, 0.5) is 4.39 Å². The molecule has 1 N–H and O–H groups in total. The van der Waals surface area contributed by atoms with Gasteiger partial charge in [0.2, 0.25) is 5.89 Å². The molecule has 3 rings (SSSR count). The van der Waals surface area contributed by atoms with Crippen LogP contribution in [0, 0.1) is 5.82 Å². The first-order chi connectivity index (χ1) is 13.2. The number of benzene rings is 2. The zero-order valence-electron chi connectivity index (χ0n) is 15.2. The summed E-state index contributed by atoms with van der Waals surface area (Å²) >= 11 is 0. The molecule has 0 bridgehead atoms. The van der Waals surface area contributed by atoms with Gasteiger partial charge in [0, 0.05) is 17.4 Å². The molecule has 0 aliphatic carbocycles. The number of hydrogen-bond donors (Lipinski definition) is 1. The maximum absolute atomic E-state index is 13.3. The Balaban J connectivity index is 2.16. The Labute approximate surface area is 161 Å². The Hall–Kier alpha value is -3.00. The number of halogens is 1.